The number of nitrogens with one attached hydrogen (secondary N) is 2. The van der Waals surface area contributed by atoms with Gasteiger partial charge in [0.2, 0.25) is 0 Å². The first kappa shape index (κ1) is 18.1. The van der Waals surface area contributed by atoms with E-state index in [4.69, 9.17) is 9.97 Å². The zero-order valence-corrected chi connectivity index (χ0v) is 15.3. The number of thioether (sulfide) groups is 1. The van der Waals surface area contributed by atoms with Crippen molar-refractivity contribution in [2.24, 2.45) is 0 Å². The highest BCUT2D eigenvalue weighted by molar-refractivity contribution is 7.98. The Morgan fingerprint density at radius 3 is 2.24 bits per heavy atom. The minimum atomic E-state index is -0.0600. The van der Waals surface area contributed by atoms with Crippen molar-refractivity contribution in [3.05, 3.63) is 11.4 Å². The fourth-order valence-electron chi connectivity index (χ4n) is 1.99. The highest BCUT2D eigenvalue weighted by Gasteiger charge is 2.21. The van der Waals surface area contributed by atoms with Crippen LogP contribution < -0.4 is 10.6 Å². The van der Waals surface area contributed by atoms with Crippen molar-refractivity contribution in [2.75, 3.05) is 29.2 Å². The molecule has 2 N–H and O–H groups in total. The first-order chi connectivity index (χ1) is 9.83. The molecule has 5 heteroatoms. The van der Waals surface area contributed by atoms with Crippen molar-refractivity contribution in [3.63, 3.8) is 0 Å². The molecule has 1 rings (SSSR count). The van der Waals surface area contributed by atoms with E-state index in [2.05, 4.69) is 58.4 Å². The molecule has 0 aliphatic heterocycles. The first-order valence-electron chi connectivity index (χ1n) is 7.71. The van der Waals surface area contributed by atoms with Crippen LogP contribution in [-0.2, 0) is 5.41 Å². The standard InChI is InChI=1S/C16H30N4S/c1-8-12(10-21-7)18-14-11(3)13(17-9-2)19-15(20-14)16(4,5)6/h12H,8-10H2,1-7H3,(H2,17,18,19,20). The molecule has 1 aromatic rings. The molecule has 0 aromatic carbocycles. The predicted molar refractivity (Wildman–Crippen MR) is 95.7 cm³/mol. The van der Waals surface area contributed by atoms with Gasteiger partial charge in [-0.05, 0) is 26.5 Å². The second kappa shape index (κ2) is 7.87. The number of anilines is 2. The summed E-state index contributed by atoms with van der Waals surface area (Å²) in [6.07, 6.45) is 3.23. The predicted octanol–water partition coefficient (Wildman–Crippen LogP) is 4.07. The maximum atomic E-state index is 4.78. The Kier molecular flexibility index (Phi) is 6.78. The van der Waals surface area contributed by atoms with E-state index in [1.807, 2.05) is 11.8 Å². The van der Waals surface area contributed by atoms with Crippen molar-refractivity contribution in [1.82, 2.24) is 9.97 Å². The van der Waals surface area contributed by atoms with E-state index in [-0.39, 0.29) is 5.41 Å². The van der Waals surface area contributed by atoms with Crippen LogP contribution in [0.25, 0.3) is 0 Å². The van der Waals surface area contributed by atoms with Gasteiger partial charge in [0.15, 0.2) is 0 Å². The van der Waals surface area contributed by atoms with Crippen molar-refractivity contribution in [1.29, 1.82) is 0 Å². The number of nitrogens with zero attached hydrogens (tertiary/aromatic N) is 2. The molecule has 21 heavy (non-hydrogen) atoms. The summed E-state index contributed by atoms with van der Waals surface area (Å²) in [7, 11) is 0. The lowest BCUT2D eigenvalue weighted by atomic mass is 9.95. The Morgan fingerprint density at radius 2 is 1.76 bits per heavy atom. The number of hydrogen-bond donors (Lipinski definition) is 2. The Bertz CT molecular complexity index is 454. The van der Waals surface area contributed by atoms with Gasteiger partial charge in [0, 0.05) is 29.3 Å². The Hall–Kier alpha value is -0.970. The van der Waals surface area contributed by atoms with E-state index in [0.29, 0.717) is 6.04 Å². The summed E-state index contributed by atoms with van der Waals surface area (Å²) in [5.74, 6) is 3.87. The van der Waals surface area contributed by atoms with E-state index in [1.54, 1.807) is 0 Å². The molecular formula is C16H30N4S. The maximum Gasteiger partial charge on any atom is 0.138 e. The fourth-order valence-corrected chi connectivity index (χ4v) is 2.71. The second-order valence-electron chi connectivity index (χ2n) is 6.35. The molecule has 1 aromatic heterocycles. The summed E-state index contributed by atoms with van der Waals surface area (Å²) in [4.78, 5) is 9.49. The zero-order chi connectivity index (χ0) is 16.0. The van der Waals surface area contributed by atoms with Crippen LogP contribution in [0.1, 0.15) is 52.4 Å². The van der Waals surface area contributed by atoms with Crippen LogP contribution in [0, 0.1) is 6.92 Å². The molecule has 120 valence electrons. The molecule has 0 radical (unpaired) electrons. The summed E-state index contributed by atoms with van der Waals surface area (Å²) in [6.45, 7) is 13.7. The van der Waals surface area contributed by atoms with Crippen LogP contribution in [0.3, 0.4) is 0 Å². The van der Waals surface area contributed by atoms with Crippen molar-refractivity contribution in [3.8, 4) is 0 Å². The molecule has 0 bridgehead atoms. The lowest BCUT2D eigenvalue weighted by Gasteiger charge is -2.23. The SMILES string of the molecule is CCNc1nc(C(C)(C)C)nc(NC(CC)CSC)c1C. The molecule has 0 saturated heterocycles. The number of rotatable bonds is 7. The zero-order valence-electron chi connectivity index (χ0n) is 14.5. The molecule has 0 saturated carbocycles. The molecule has 1 unspecified atom stereocenters. The molecule has 4 nitrogen and oxygen atoms in total. The molecule has 0 fully saturated rings. The molecule has 0 aliphatic rings. The van der Waals surface area contributed by atoms with E-state index in [9.17, 15) is 0 Å². The van der Waals surface area contributed by atoms with Crippen molar-refractivity contribution in [2.45, 2.75) is 59.4 Å². The van der Waals surface area contributed by atoms with Crippen molar-refractivity contribution < 1.29 is 0 Å². The highest BCUT2D eigenvalue weighted by atomic mass is 32.2. The van der Waals surface area contributed by atoms with E-state index < -0.39 is 0 Å². The largest absolute Gasteiger partial charge is 0.370 e. The van der Waals surface area contributed by atoms with Gasteiger partial charge in [-0.2, -0.15) is 11.8 Å². The Morgan fingerprint density at radius 1 is 1.14 bits per heavy atom. The number of aromatic nitrogens is 2. The van der Waals surface area contributed by atoms with Gasteiger partial charge in [0.05, 0.1) is 0 Å². The van der Waals surface area contributed by atoms with Gasteiger partial charge < -0.3 is 10.6 Å². The average Bonchev–Trinajstić information content (AvgIpc) is 2.41. The van der Waals surface area contributed by atoms with Gasteiger partial charge in [-0.1, -0.05) is 27.7 Å². The molecule has 0 spiro atoms. The van der Waals surface area contributed by atoms with Gasteiger partial charge in [-0.3, -0.25) is 0 Å². The van der Waals surface area contributed by atoms with Gasteiger partial charge in [0.25, 0.3) is 0 Å². The topological polar surface area (TPSA) is 49.8 Å². The average molecular weight is 311 g/mol. The van der Waals surface area contributed by atoms with Gasteiger partial charge in [-0.15, -0.1) is 0 Å². The summed E-state index contributed by atoms with van der Waals surface area (Å²) in [5, 5.41) is 6.95. The first-order valence-corrected chi connectivity index (χ1v) is 9.11. The monoisotopic (exact) mass is 310 g/mol. The number of hydrogen-bond acceptors (Lipinski definition) is 5. The third-order valence-electron chi connectivity index (χ3n) is 3.36. The molecular weight excluding hydrogens is 280 g/mol. The second-order valence-corrected chi connectivity index (χ2v) is 7.27. The minimum absolute atomic E-state index is 0.0600. The molecule has 1 heterocycles. The summed E-state index contributed by atoms with van der Waals surface area (Å²) in [5.41, 5.74) is 1.04. The quantitative estimate of drug-likeness (QED) is 0.795. The van der Waals surface area contributed by atoms with Crippen LogP contribution >= 0.6 is 11.8 Å². The highest BCUT2D eigenvalue weighted by Crippen LogP contribution is 2.27. The van der Waals surface area contributed by atoms with Gasteiger partial charge >= 0.3 is 0 Å². The van der Waals surface area contributed by atoms with Crippen LogP contribution in [0.4, 0.5) is 11.6 Å². The molecule has 0 aliphatic carbocycles. The molecule has 0 amide bonds. The van der Waals surface area contributed by atoms with Crippen molar-refractivity contribution >= 4 is 23.4 Å². The van der Waals surface area contributed by atoms with E-state index in [1.165, 1.54) is 0 Å². The smallest absolute Gasteiger partial charge is 0.138 e. The Balaban J connectivity index is 3.19. The summed E-state index contributed by atoms with van der Waals surface area (Å²) < 4.78 is 0. The molecule has 1 atom stereocenters. The van der Waals surface area contributed by atoms with Crippen LogP contribution in [0.15, 0.2) is 0 Å². The van der Waals surface area contributed by atoms with Gasteiger partial charge in [0.1, 0.15) is 17.5 Å². The summed E-state index contributed by atoms with van der Waals surface area (Å²) >= 11 is 1.86. The third-order valence-corrected chi connectivity index (χ3v) is 4.10. The lowest BCUT2D eigenvalue weighted by Crippen LogP contribution is -2.25. The van der Waals surface area contributed by atoms with Gasteiger partial charge in [-0.25, -0.2) is 9.97 Å². The third kappa shape index (κ3) is 5.06. The fraction of sp³-hybridized carbons (Fsp3) is 0.750. The van der Waals surface area contributed by atoms with E-state index >= 15 is 0 Å². The van der Waals surface area contributed by atoms with E-state index in [0.717, 1.165) is 41.7 Å². The van der Waals surface area contributed by atoms with Crippen LogP contribution in [0.5, 0.6) is 0 Å². The van der Waals surface area contributed by atoms with Crippen LogP contribution in [0.2, 0.25) is 0 Å². The lowest BCUT2D eigenvalue weighted by molar-refractivity contribution is 0.545. The maximum absolute atomic E-state index is 4.78. The van der Waals surface area contributed by atoms with Crippen LogP contribution in [-0.4, -0.2) is 34.6 Å². The normalized spacial score (nSPS) is 13.1. The Labute approximate surface area is 133 Å². The summed E-state index contributed by atoms with van der Waals surface area (Å²) in [6, 6.07) is 0.441. The minimum Gasteiger partial charge on any atom is -0.370 e.